The van der Waals surface area contributed by atoms with Gasteiger partial charge in [-0.3, -0.25) is 0 Å². The lowest BCUT2D eigenvalue weighted by Gasteiger charge is -2.19. The highest BCUT2D eigenvalue weighted by atomic mass is 35.5. The smallest absolute Gasteiger partial charge is 0.397 e. The van der Waals surface area contributed by atoms with Gasteiger partial charge in [-0.15, -0.1) is 0 Å². The van der Waals surface area contributed by atoms with Crippen LogP contribution in [0, 0.1) is 6.92 Å². The van der Waals surface area contributed by atoms with E-state index >= 15 is 0 Å². The van der Waals surface area contributed by atoms with Gasteiger partial charge in [0.05, 0.1) is 21.3 Å². The van der Waals surface area contributed by atoms with E-state index in [-0.39, 0.29) is 37.1 Å². The second-order valence-electron chi connectivity index (χ2n) is 7.28. The van der Waals surface area contributed by atoms with E-state index in [0.29, 0.717) is 16.3 Å². The summed E-state index contributed by atoms with van der Waals surface area (Å²) in [5.74, 6) is -3.39. The quantitative estimate of drug-likeness (QED) is 0.133. The van der Waals surface area contributed by atoms with E-state index in [0.717, 1.165) is 6.07 Å². The molecule has 1 atom stereocenters. The first-order valence-corrected chi connectivity index (χ1v) is 12.0. The fourth-order valence-electron chi connectivity index (χ4n) is 2.82. The van der Waals surface area contributed by atoms with Crippen molar-refractivity contribution in [1.82, 2.24) is 0 Å². The summed E-state index contributed by atoms with van der Waals surface area (Å²) in [5, 5.41) is 0.636. The van der Waals surface area contributed by atoms with Crippen molar-refractivity contribution in [1.29, 1.82) is 0 Å². The maximum atomic E-state index is 12.8. The van der Waals surface area contributed by atoms with Crippen molar-refractivity contribution < 1.29 is 33.3 Å². The van der Waals surface area contributed by atoms with Crippen molar-refractivity contribution in [3.05, 3.63) is 84.8 Å². The number of hydrogen-bond acceptors (Lipinski definition) is 8. The number of anilines is 1. The molecule has 0 heterocycles. The van der Waals surface area contributed by atoms with E-state index in [4.69, 9.17) is 82.7 Å². The second-order valence-corrected chi connectivity index (χ2v) is 9.37. The Balaban J connectivity index is 1.78. The third kappa shape index (κ3) is 7.80. The van der Waals surface area contributed by atoms with Gasteiger partial charge in [0, 0.05) is 15.1 Å². The molecule has 13 heteroatoms. The molecule has 0 aliphatic heterocycles. The molecule has 0 aliphatic carbocycles. The standard InChI is InChI=1S/C24H16Cl5NO7/c1-11-6-12(25)2-4-18(11)34-10-20(31)36-24(35-19-5-3-13(26)8-16(19)28)23(33)37-22(32)15-7-14(27)9-17(30)21(15)29/h2-9,24H,10,30H2,1H3. The monoisotopic (exact) mass is 605 g/mol. The Morgan fingerprint density at radius 1 is 0.865 bits per heavy atom. The van der Waals surface area contributed by atoms with E-state index in [1.165, 1.54) is 24.3 Å². The van der Waals surface area contributed by atoms with Gasteiger partial charge in [-0.2, -0.15) is 0 Å². The number of nitrogen functional groups attached to an aromatic ring is 1. The van der Waals surface area contributed by atoms with E-state index < -0.39 is 30.8 Å². The first-order valence-electron chi connectivity index (χ1n) is 10.1. The predicted octanol–water partition coefficient (Wildman–Crippen LogP) is 6.55. The summed E-state index contributed by atoms with van der Waals surface area (Å²) in [4.78, 5) is 37.9. The maximum Gasteiger partial charge on any atom is 0.397 e. The lowest BCUT2D eigenvalue weighted by Crippen LogP contribution is -2.37. The molecule has 3 aromatic carbocycles. The molecular weight excluding hydrogens is 592 g/mol. The Bertz CT molecular complexity index is 1370. The average molecular weight is 608 g/mol. The van der Waals surface area contributed by atoms with Crippen molar-refractivity contribution in [3.63, 3.8) is 0 Å². The van der Waals surface area contributed by atoms with E-state index in [2.05, 4.69) is 0 Å². The van der Waals surface area contributed by atoms with Crippen molar-refractivity contribution in [2.75, 3.05) is 12.3 Å². The lowest BCUT2D eigenvalue weighted by molar-refractivity contribution is -0.184. The molecule has 2 N–H and O–H groups in total. The van der Waals surface area contributed by atoms with Crippen LogP contribution in [0.15, 0.2) is 48.5 Å². The van der Waals surface area contributed by atoms with Gasteiger partial charge in [-0.25, -0.2) is 14.4 Å². The summed E-state index contributed by atoms with van der Waals surface area (Å²) in [6, 6.07) is 11.3. The molecule has 0 saturated heterocycles. The highest BCUT2D eigenvalue weighted by Crippen LogP contribution is 2.30. The third-order valence-electron chi connectivity index (χ3n) is 4.52. The number of nitrogens with two attached hydrogens (primary N) is 1. The SMILES string of the molecule is Cc1cc(Cl)ccc1OCC(=O)OC(Oc1ccc(Cl)cc1Cl)C(=O)OC(=O)c1cc(Cl)cc(N)c1Cl. The summed E-state index contributed by atoms with van der Waals surface area (Å²) < 4.78 is 20.7. The van der Waals surface area contributed by atoms with E-state index in [1.54, 1.807) is 25.1 Å². The fourth-order valence-corrected chi connectivity index (χ4v) is 3.92. The number of carbonyl (C=O) groups is 3. The van der Waals surface area contributed by atoms with Gasteiger partial charge in [0.15, 0.2) is 6.61 Å². The molecule has 1 unspecified atom stereocenters. The number of esters is 3. The van der Waals surface area contributed by atoms with Gasteiger partial charge in [-0.1, -0.05) is 58.0 Å². The second kappa shape index (κ2) is 12.6. The molecule has 0 aliphatic rings. The summed E-state index contributed by atoms with van der Waals surface area (Å²) >= 11 is 29.8. The van der Waals surface area contributed by atoms with Gasteiger partial charge in [0.1, 0.15) is 11.5 Å². The van der Waals surface area contributed by atoms with Gasteiger partial charge >= 0.3 is 24.2 Å². The molecule has 0 amide bonds. The van der Waals surface area contributed by atoms with Gasteiger partial charge in [-0.05, 0) is 61.0 Å². The van der Waals surface area contributed by atoms with Crippen LogP contribution in [0.3, 0.4) is 0 Å². The number of aryl methyl sites for hydroxylation is 1. The molecule has 3 rings (SSSR count). The van der Waals surface area contributed by atoms with Crippen LogP contribution >= 0.6 is 58.0 Å². The van der Waals surface area contributed by atoms with E-state index in [9.17, 15) is 14.4 Å². The Kier molecular flexibility index (Phi) is 9.75. The zero-order valence-corrected chi connectivity index (χ0v) is 22.5. The number of halogens is 5. The van der Waals surface area contributed by atoms with Crippen LogP contribution in [0.5, 0.6) is 11.5 Å². The van der Waals surface area contributed by atoms with Crippen molar-refractivity contribution in [2.45, 2.75) is 13.2 Å². The number of ether oxygens (including phenoxy) is 4. The third-order valence-corrected chi connectivity index (χ3v) is 5.93. The fraction of sp³-hybridized carbons (Fsp3) is 0.125. The van der Waals surface area contributed by atoms with Crippen molar-refractivity contribution in [2.24, 2.45) is 0 Å². The predicted molar refractivity (Wildman–Crippen MR) is 140 cm³/mol. The molecule has 37 heavy (non-hydrogen) atoms. The van der Waals surface area contributed by atoms with Crippen LogP contribution in [-0.4, -0.2) is 30.8 Å². The minimum Gasteiger partial charge on any atom is -0.482 e. The molecule has 8 nitrogen and oxygen atoms in total. The Labute approximate surface area is 236 Å². The summed E-state index contributed by atoms with van der Waals surface area (Å²) in [5.41, 5.74) is 6.04. The van der Waals surface area contributed by atoms with Crippen LogP contribution in [0.25, 0.3) is 0 Å². The topological polar surface area (TPSA) is 114 Å². The first kappa shape index (κ1) is 28.7. The summed E-state index contributed by atoms with van der Waals surface area (Å²) in [6.45, 7) is 1.10. The molecule has 0 spiro atoms. The molecule has 3 aromatic rings. The highest BCUT2D eigenvalue weighted by molar-refractivity contribution is 6.38. The molecule has 0 radical (unpaired) electrons. The van der Waals surface area contributed by atoms with Gasteiger partial charge in [0.2, 0.25) is 0 Å². The molecule has 0 aromatic heterocycles. The van der Waals surface area contributed by atoms with Crippen molar-refractivity contribution in [3.8, 4) is 11.5 Å². The van der Waals surface area contributed by atoms with Crippen LogP contribution in [0.2, 0.25) is 25.1 Å². The van der Waals surface area contributed by atoms with Crippen molar-refractivity contribution >= 4 is 81.6 Å². The van der Waals surface area contributed by atoms with Crippen LogP contribution in [0.4, 0.5) is 5.69 Å². The lowest BCUT2D eigenvalue weighted by atomic mass is 10.2. The minimum atomic E-state index is -2.07. The largest absolute Gasteiger partial charge is 0.482 e. The Morgan fingerprint density at radius 3 is 2.16 bits per heavy atom. The highest BCUT2D eigenvalue weighted by Gasteiger charge is 2.31. The van der Waals surface area contributed by atoms with Crippen LogP contribution in [0.1, 0.15) is 15.9 Å². The number of benzene rings is 3. The molecule has 0 bridgehead atoms. The Hall–Kier alpha value is -2.88. The number of rotatable bonds is 8. The zero-order chi connectivity index (χ0) is 27.3. The average Bonchev–Trinajstić information content (AvgIpc) is 2.81. The Morgan fingerprint density at radius 2 is 1.51 bits per heavy atom. The first-order chi connectivity index (χ1) is 17.4. The van der Waals surface area contributed by atoms with Gasteiger partial charge in [0.25, 0.3) is 0 Å². The molecule has 0 fully saturated rings. The molecule has 194 valence electrons. The number of hydrogen-bond donors (Lipinski definition) is 1. The minimum absolute atomic E-state index is 0.00799. The summed E-state index contributed by atoms with van der Waals surface area (Å²) in [6.07, 6.45) is -2.07. The maximum absolute atomic E-state index is 12.8. The number of carbonyl (C=O) groups excluding carboxylic acids is 3. The molecular formula is C24H16Cl5NO7. The van der Waals surface area contributed by atoms with Crippen LogP contribution < -0.4 is 15.2 Å². The summed E-state index contributed by atoms with van der Waals surface area (Å²) in [7, 11) is 0. The van der Waals surface area contributed by atoms with Crippen LogP contribution in [-0.2, 0) is 19.1 Å². The van der Waals surface area contributed by atoms with Gasteiger partial charge < -0.3 is 24.7 Å². The normalized spacial score (nSPS) is 11.4. The molecule has 0 saturated carbocycles. The van der Waals surface area contributed by atoms with E-state index in [1.807, 2.05) is 0 Å². The zero-order valence-electron chi connectivity index (χ0n) is 18.7.